The van der Waals surface area contributed by atoms with Crippen molar-refractivity contribution in [1.29, 1.82) is 0 Å². The van der Waals surface area contributed by atoms with Gasteiger partial charge in [0.2, 0.25) is 0 Å². The van der Waals surface area contributed by atoms with Gasteiger partial charge in [0.05, 0.1) is 20.4 Å². The monoisotopic (exact) mass is 212 g/mol. The van der Waals surface area contributed by atoms with Crippen molar-refractivity contribution < 1.29 is 14.6 Å². The molecule has 0 unspecified atom stereocenters. The van der Waals surface area contributed by atoms with Gasteiger partial charge >= 0.3 is 0 Å². The molecule has 0 amide bonds. The first-order chi connectivity index (χ1) is 6.36. The van der Waals surface area contributed by atoms with E-state index >= 15 is 0 Å². The molecule has 0 aliphatic carbocycles. The highest BCUT2D eigenvalue weighted by atomic mass is 28.3. The summed E-state index contributed by atoms with van der Waals surface area (Å²) in [5.74, 6) is 1.01. The summed E-state index contributed by atoms with van der Waals surface area (Å²) in [6.07, 6.45) is 1.70. The number of aliphatic hydroxyl groups excluding tert-OH is 1. The quantitative estimate of drug-likeness (QED) is 0.715. The first-order valence-electron chi connectivity index (χ1n) is 4.43. The maximum absolute atomic E-state index is 9.69. The Morgan fingerprint density at radius 2 is 2.00 bits per heavy atom. The van der Waals surface area contributed by atoms with Gasteiger partial charge in [-0.25, -0.2) is 0 Å². The highest BCUT2D eigenvalue weighted by Crippen LogP contribution is 2.31. The molecule has 0 aromatic heterocycles. The summed E-state index contributed by atoms with van der Waals surface area (Å²) in [5, 5.41) is 10.5. The van der Waals surface area contributed by atoms with E-state index in [1.54, 1.807) is 13.2 Å². The Bertz CT molecular complexity index is 321. The van der Waals surface area contributed by atoms with Crippen LogP contribution in [0.1, 0.15) is 0 Å². The number of hydrogen-bond donors (Lipinski definition) is 1. The predicted octanol–water partition coefficient (Wildman–Crippen LogP) is 2.71. The van der Waals surface area contributed by atoms with Gasteiger partial charge in [-0.15, -0.1) is 0 Å². The highest BCUT2D eigenvalue weighted by Gasteiger charge is 2.31. The Balaban J connectivity index is 3.19. The molecular weight excluding hydrogens is 196 g/mol. The molecule has 0 saturated heterocycles. The summed E-state index contributed by atoms with van der Waals surface area (Å²) >= 11 is 0. The van der Waals surface area contributed by atoms with E-state index in [2.05, 4.69) is 26.2 Å². The molecule has 14 heavy (non-hydrogen) atoms. The van der Waals surface area contributed by atoms with E-state index in [-0.39, 0.29) is 5.95 Å². The molecule has 1 aliphatic rings. The Kier molecular flexibility index (Phi) is 2.75. The first-order valence-corrected chi connectivity index (χ1v) is 7.93. The zero-order valence-corrected chi connectivity index (χ0v) is 10.0. The number of hydrogen-bond acceptors (Lipinski definition) is 3. The van der Waals surface area contributed by atoms with Crippen molar-refractivity contribution in [2.75, 3.05) is 7.11 Å². The van der Waals surface area contributed by atoms with Crippen molar-refractivity contribution in [1.82, 2.24) is 0 Å². The van der Waals surface area contributed by atoms with Crippen LogP contribution in [0, 0.1) is 0 Å². The second-order valence-electron chi connectivity index (χ2n) is 4.21. The van der Waals surface area contributed by atoms with Gasteiger partial charge in [0.25, 0.3) is 5.95 Å². The van der Waals surface area contributed by atoms with Crippen LogP contribution < -0.4 is 0 Å². The Labute approximate surface area is 85.4 Å². The van der Waals surface area contributed by atoms with Crippen LogP contribution in [-0.4, -0.2) is 20.3 Å². The van der Waals surface area contributed by atoms with Gasteiger partial charge < -0.3 is 14.6 Å². The van der Waals surface area contributed by atoms with Gasteiger partial charge in [-0.3, -0.25) is 0 Å². The normalized spacial score (nSPS) is 17.7. The van der Waals surface area contributed by atoms with Crippen molar-refractivity contribution in [2.24, 2.45) is 0 Å². The lowest BCUT2D eigenvalue weighted by molar-refractivity contribution is 0.140. The maximum Gasteiger partial charge on any atom is 0.284 e. The molecule has 0 fully saturated rings. The van der Waals surface area contributed by atoms with Crippen LogP contribution >= 0.6 is 0 Å². The minimum Gasteiger partial charge on any atom is -0.496 e. The summed E-state index contributed by atoms with van der Waals surface area (Å²) in [6, 6.07) is 0. The van der Waals surface area contributed by atoms with E-state index in [1.807, 2.05) is 0 Å². The second-order valence-corrected chi connectivity index (χ2v) is 9.21. The van der Waals surface area contributed by atoms with Crippen LogP contribution in [0.3, 0.4) is 0 Å². The summed E-state index contributed by atoms with van der Waals surface area (Å²) < 4.78 is 10.3. The molecule has 0 aromatic carbocycles. The zero-order valence-electron chi connectivity index (χ0n) is 9.05. The summed E-state index contributed by atoms with van der Waals surface area (Å²) in [7, 11) is -0.0817. The number of methoxy groups -OCH3 is 1. The highest BCUT2D eigenvalue weighted by molar-refractivity contribution is 6.84. The molecule has 1 heterocycles. The van der Waals surface area contributed by atoms with Gasteiger partial charge in [0.15, 0.2) is 0 Å². The van der Waals surface area contributed by atoms with Gasteiger partial charge in [0.1, 0.15) is 11.5 Å². The smallest absolute Gasteiger partial charge is 0.284 e. The molecule has 78 valence electrons. The zero-order chi connectivity index (χ0) is 10.9. The molecule has 0 radical (unpaired) electrons. The molecule has 0 spiro atoms. The average Bonchev–Trinajstić information content (AvgIpc) is 1.99. The summed E-state index contributed by atoms with van der Waals surface area (Å²) in [5.41, 5.74) is 0. The predicted molar refractivity (Wildman–Crippen MR) is 58.3 cm³/mol. The van der Waals surface area contributed by atoms with Crippen LogP contribution in [0.4, 0.5) is 0 Å². The van der Waals surface area contributed by atoms with E-state index in [4.69, 9.17) is 9.47 Å². The van der Waals surface area contributed by atoms with Gasteiger partial charge in [-0.05, 0) is 0 Å². The standard InChI is InChI=1S/C10H16O3Si/c1-7-6-8(12-2)9(10(11)13-7)14(3,4)5/h6,11H,1H2,2-5H3. The van der Waals surface area contributed by atoms with Crippen molar-refractivity contribution in [2.45, 2.75) is 19.6 Å². The van der Waals surface area contributed by atoms with Crippen LogP contribution in [0.25, 0.3) is 0 Å². The third-order valence-corrected chi connectivity index (χ3v) is 3.91. The molecular formula is C10H16O3Si. The van der Waals surface area contributed by atoms with Crippen LogP contribution in [0.15, 0.2) is 35.3 Å². The lowest BCUT2D eigenvalue weighted by Crippen LogP contribution is -2.29. The fraction of sp³-hybridized carbons (Fsp3) is 0.400. The van der Waals surface area contributed by atoms with Crippen molar-refractivity contribution in [3.63, 3.8) is 0 Å². The van der Waals surface area contributed by atoms with Crippen molar-refractivity contribution >= 4 is 8.07 Å². The molecule has 0 aromatic rings. The van der Waals surface area contributed by atoms with Crippen molar-refractivity contribution in [3.8, 4) is 0 Å². The lowest BCUT2D eigenvalue weighted by atomic mass is 10.3. The van der Waals surface area contributed by atoms with Crippen LogP contribution in [0.2, 0.25) is 19.6 Å². The topological polar surface area (TPSA) is 38.7 Å². The lowest BCUT2D eigenvalue weighted by Gasteiger charge is -2.26. The fourth-order valence-electron chi connectivity index (χ4n) is 1.38. The molecule has 1 aliphatic heterocycles. The number of rotatable bonds is 2. The number of aliphatic hydroxyl groups is 1. The molecule has 1 rings (SSSR count). The van der Waals surface area contributed by atoms with Crippen LogP contribution in [-0.2, 0) is 9.47 Å². The fourth-order valence-corrected chi connectivity index (χ4v) is 2.99. The van der Waals surface area contributed by atoms with E-state index < -0.39 is 8.07 Å². The largest absolute Gasteiger partial charge is 0.496 e. The molecule has 4 heteroatoms. The Morgan fingerprint density at radius 3 is 2.43 bits per heavy atom. The van der Waals surface area contributed by atoms with Crippen LogP contribution in [0.5, 0.6) is 0 Å². The summed E-state index contributed by atoms with van der Waals surface area (Å²) in [6.45, 7) is 9.96. The molecule has 1 N–H and O–H groups in total. The maximum atomic E-state index is 9.69. The third kappa shape index (κ3) is 2.01. The SMILES string of the molecule is C=C1C=C(OC)C([Si](C)(C)C)=C(O)O1. The average molecular weight is 212 g/mol. The van der Waals surface area contributed by atoms with E-state index in [0.29, 0.717) is 11.5 Å². The minimum absolute atomic E-state index is 0.0616. The number of ether oxygens (including phenoxy) is 2. The first kappa shape index (κ1) is 10.9. The number of allylic oxidation sites excluding steroid dienone is 2. The van der Waals surface area contributed by atoms with E-state index in [1.165, 1.54) is 0 Å². The van der Waals surface area contributed by atoms with E-state index in [0.717, 1.165) is 5.20 Å². The molecule has 0 atom stereocenters. The minimum atomic E-state index is -1.66. The Morgan fingerprint density at radius 1 is 1.43 bits per heavy atom. The Hall–Kier alpha value is -1.16. The van der Waals surface area contributed by atoms with Gasteiger partial charge in [-0.1, -0.05) is 26.2 Å². The van der Waals surface area contributed by atoms with E-state index in [9.17, 15) is 5.11 Å². The molecule has 3 nitrogen and oxygen atoms in total. The molecule has 0 bridgehead atoms. The molecule has 0 saturated carbocycles. The second kappa shape index (κ2) is 3.53. The van der Waals surface area contributed by atoms with Gasteiger partial charge in [-0.2, -0.15) is 0 Å². The van der Waals surface area contributed by atoms with Gasteiger partial charge in [0, 0.05) is 6.08 Å². The third-order valence-electron chi connectivity index (χ3n) is 1.95. The van der Waals surface area contributed by atoms with Crippen molar-refractivity contribution in [3.05, 3.63) is 35.3 Å². The summed E-state index contributed by atoms with van der Waals surface area (Å²) in [4.78, 5) is 0.